The van der Waals surface area contributed by atoms with Crippen LogP contribution in [0.3, 0.4) is 0 Å². The molecule has 0 N–H and O–H groups in total. The van der Waals surface area contributed by atoms with Crippen LogP contribution in [-0.4, -0.2) is 29.3 Å². The van der Waals surface area contributed by atoms with Gasteiger partial charge in [-0.25, -0.2) is 0 Å². The number of esters is 1. The zero-order chi connectivity index (χ0) is 27.1. The van der Waals surface area contributed by atoms with E-state index < -0.39 is 53.1 Å². The maximum atomic E-state index is 13.3. The monoisotopic (exact) mass is 515 g/mol. The number of hydrogen-bond donors (Lipinski definition) is 0. The van der Waals surface area contributed by atoms with Gasteiger partial charge in [0.15, 0.2) is 0 Å². The van der Waals surface area contributed by atoms with E-state index in [1.54, 1.807) is 32.7 Å². The number of ether oxygens (including phenoxy) is 1. The standard InChI is InChI=1S/C26H27F6NO3/c1-24(2,3)36-22(35)13-19-21(34)14-20(15-5-9-17(10-6-15)25(27,28)29)33(4)23(19)16-7-11-18(12-8-16)26(30,31)32/h5-12,19-20,23H,13-14H2,1-4H3/t19-,20-,23+/m0/s1. The molecule has 1 fully saturated rings. The summed E-state index contributed by atoms with van der Waals surface area (Å²) in [6, 6.07) is 7.31. The molecule has 1 aliphatic rings. The van der Waals surface area contributed by atoms with Crippen molar-refractivity contribution in [3.8, 4) is 0 Å². The number of benzene rings is 2. The topological polar surface area (TPSA) is 46.6 Å². The number of piperidine rings is 1. The SMILES string of the molecule is CN1[C@H](c2ccc(C(F)(F)F)cc2)[C@@H](CC(=O)OC(C)(C)C)C(=O)C[C@H]1c1ccc(C(F)(F)F)cc1. The van der Waals surface area contributed by atoms with E-state index in [2.05, 4.69) is 0 Å². The third-order valence-corrected chi connectivity index (χ3v) is 6.13. The van der Waals surface area contributed by atoms with Crippen molar-refractivity contribution in [3.05, 3.63) is 70.8 Å². The van der Waals surface area contributed by atoms with E-state index in [0.717, 1.165) is 24.3 Å². The van der Waals surface area contributed by atoms with Gasteiger partial charge in [0.05, 0.1) is 17.5 Å². The highest BCUT2D eigenvalue weighted by Crippen LogP contribution is 2.44. The quantitative estimate of drug-likeness (QED) is 0.334. The highest BCUT2D eigenvalue weighted by Gasteiger charge is 2.44. The Hall–Kier alpha value is -2.88. The van der Waals surface area contributed by atoms with Crippen LogP contribution in [0.2, 0.25) is 0 Å². The van der Waals surface area contributed by atoms with Crippen LogP contribution in [0.25, 0.3) is 0 Å². The van der Waals surface area contributed by atoms with Crippen LogP contribution in [0.4, 0.5) is 26.3 Å². The number of Topliss-reactive ketones (excluding diaryl/α,β-unsaturated/α-hetero) is 1. The maximum absolute atomic E-state index is 13.3. The molecule has 2 aromatic carbocycles. The number of carbonyl (C=O) groups is 2. The number of halogens is 6. The first kappa shape index (κ1) is 27.7. The van der Waals surface area contributed by atoms with Crippen molar-refractivity contribution in [2.75, 3.05) is 7.05 Å². The molecule has 196 valence electrons. The molecule has 0 amide bonds. The van der Waals surface area contributed by atoms with Crippen LogP contribution < -0.4 is 0 Å². The highest BCUT2D eigenvalue weighted by molar-refractivity contribution is 5.87. The number of alkyl halides is 6. The fraction of sp³-hybridized carbons (Fsp3) is 0.462. The number of hydrogen-bond acceptors (Lipinski definition) is 4. The molecule has 0 saturated carbocycles. The lowest BCUT2D eigenvalue weighted by Gasteiger charge is -2.44. The lowest BCUT2D eigenvalue weighted by molar-refractivity contribution is -0.159. The Bertz CT molecular complexity index is 1090. The third kappa shape index (κ3) is 6.46. The molecule has 1 heterocycles. The average molecular weight is 515 g/mol. The van der Waals surface area contributed by atoms with Gasteiger partial charge in [0.1, 0.15) is 11.4 Å². The second-order valence-electron chi connectivity index (χ2n) is 9.93. The Kier molecular flexibility index (Phi) is 7.60. The third-order valence-electron chi connectivity index (χ3n) is 6.13. The first-order chi connectivity index (χ1) is 16.5. The molecule has 0 unspecified atom stereocenters. The highest BCUT2D eigenvalue weighted by atomic mass is 19.4. The maximum Gasteiger partial charge on any atom is 0.416 e. The number of carbonyl (C=O) groups excluding carboxylic acids is 2. The lowest BCUT2D eigenvalue weighted by Crippen LogP contribution is -2.44. The molecule has 2 aromatic rings. The van der Waals surface area contributed by atoms with Crippen molar-refractivity contribution in [3.63, 3.8) is 0 Å². The Morgan fingerprint density at radius 1 is 0.861 bits per heavy atom. The fourth-order valence-electron chi connectivity index (χ4n) is 4.51. The molecular formula is C26H27F6NO3. The fourth-order valence-corrected chi connectivity index (χ4v) is 4.51. The summed E-state index contributed by atoms with van der Waals surface area (Å²) >= 11 is 0. The minimum atomic E-state index is -4.55. The molecular weight excluding hydrogens is 488 g/mol. The summed E-state index contributed by atoms with van der Waals surface area (Å²) in [7, 11) is 1.64. The van der Waals surface area contributed by atoms with Crippen molar-refractivity contribution in [2.24, 2.45) is 5.92 Å². The van der Waals surface area contributed by atoms with Crippen LogP contribution in [-0.2, 0) is 26.7 Å². The summed E-state index contributed by atoms with van der Waals surface area (Å²) in [5, 5.41) is 0. The molecule has 36 heavy (non-hydrogen) atoms. The first-order valence-electron chi connectivity index (χ1n) is 11.3. The molecule has 1 saturated heterocycles. The molecule has 10 heteroatoms. The summed E-state index contributed by atoms with van der Waals surface area (Å²) in [5.41, 5.74) is -1.67. The first-order valence-corrected chi connectivity index (χ1v) is 11.3. The minimum Gasteiger partial charge on any atom is -0.460 e. The summed E-state index contributed by atoms with van der Waals surface area (Å²) in [6.07, 6.45) is -9.43. The van der Waals surface area contributed by atoms with Gasteiger partial charge in [0.25, 0.3) is 0 Å². The average Bonchev–Trinajstić information content (AvgIpc) is 2.74. The van der Waals surface area contributed by atoms with E-state index in [0.29, 0.717) is 11.1 Å². The minimum absolute atomic E-state index is 0.0769. The largest absolute Gasteiger partial charge is 0.460 e. The van der Waals surface area contributed by atoms with Crippen molar-refractivity contribution < 1.29 is 40.7 Å². The van der Waals surface area contributed by atoms with Gasteiger partial charge in [-0.05, 0) is 63.2 Å². The normalized spacial score (nSPS) is 21.9. The Morgan fingerprint density at radius 2 is 1.31 bits per heavy atom. The summed E-state index contributed by atoms with van der Waals surface area (Å²) in [4.78, 5) is 27.6. The van der Waals surface area contributed by atoms with Crippen LogP contribution in [0.15, 0.2) is 48.5 Å². The smallest absolute Gasteiger partial charge is 0.416 e. The zero-order valence-corrected chi connectivity index (χ0v) is 20.2. The van der Waals surface area contributed by atoms with Gasteiger partial charge >= 0.3 is 18.3 Å². The van der Waals surface area contributed by atoms with Gasteiger partial charge in [-0.15, -0.1) is 0 Å². The van der Waals surface area contributed by atoms with E-state index >= 15 is 0 Å². The van der Waals surface area contributed by atoms with E-state index in [1.165, 1.54) is 24.3 Å². The summed E-state index contributed by atoms with van der Waals surface area (Å²) in [6.45, 7) is 5.02. The van der Waals surface area contributed by atoms with Crippen molar-refractivity contribution in [2.45, 2.75) is 63.7 Å². The van der Waals surface area contributed by atoms with Crippen molar-refractivity contribution in [1.29, 1.82) is 0 Å². The number of likely N-dealkylation sites (tertiary alicyclic amines) is 1. The van der Waals surface area contributed by atoms with Gasteiger partial charge < -0.3 is 4.74 Å². The van der Waals surface area contributed by atoms with Crippen molar-refractivity contribution >= 4 is 11.8 Å². The predicted molar refractivity (Wildman–Crippen MR) is 120 cm³/mol. The molecule has 1 aliphatic heterocycles. The molecule has 4 nitrogen and oxygen atoms in total. The molecule has 0 radical (unpaired) electrons. The number of rotatable bonds is 4. The van der Waals surface area contributed by atoms with Crippen molar-refractivity contribution in [1.82, 2.24) is 4.90 Å². The van der Waals surface area contributed by atoms with Gasteiger partial charge in [0.2, 0.25) is 0 Å². The second kappa shape index (κ2) is 9.88. The van der Waals surface area contributed by atoms with Crippen LogP contribution in [0.5, 0.6) is 0 Å². The molecule has 3 rings (SSSR count). The lowest BCUT2D eigenvalue weighted by atomic mass is 9.77. The number of ketones is 1. The van der Waals surface area contributed by atoms with Gasteiger partial charge in [-0.2, -0.15) is 26.3 Å². The summed E-state index contributed by atoms with van der Waals surface area (Å²) < 4.78 is 83.7. The van der Waals surface area contributed by atoms with E-state index in [-0.39, 0.29) is 18.6 Å². The Morgan fingerprint density at radius 3 is 1.72 bits per heavy atom. The van der Waals surface area contributed by atoms with E-state index in [1.807, 2.05) is 0 Å². The summed E-state index contributed by atoms with van der Waals surface area (Å²) in [5.74, 6) is -1.86. The molecule has 0 aromatic heterocycles. The predicted octanol–water partition coefficient (Wildman–Crippen LogP) is 6.76. The van der Waals surface area contributed by atoms with E-state index in [9.17, 15) is 35.9 Å². The van der Waals surface area contributed by atoms with E-state index in [4.69, 9.17) is 4.74 Å². The van der Waals surface area contributed by atoms with Gasteiger partial charge in [-0.3, -0.25) is 14.5 Å². The van der Waals surface area contributed by atoms with Crippen LogP contribution >= 0.6 is 0 Å². The molecule has 0 spiro atoms. The zero-order valence-electron chi connectivity index (χ0n) is 20.2. The second-order valence-corrected chi connectivity index (χ2v) is 9.93. The Balaban J connectivity index is 1.99. The van der Waals surface area contributed by atoms with Gasteiger partial charge in [-0.1, -0.05) is 24.3 Å². The Labute approximate surface area is 205 Å². The molecule has 3 atom stereocenters. The van der Waals surface area contributed by atoms with Gasteiger partial charge in [0, 0.05) is 24.4 Å². The molecule has 0 aliphatic carbocycles. The van der Waals surface area contributed by atoms with Crippen LogP contribution in [0.1, 0.15) is 68.0 Å². The number of nitrogens with zero attached hydrogens (tertiary/aromatic N) is 1. The van der Waals surface area contributed by atoms with Crippen LogP contribution in [0, 0.1) is 5.92 Å². The molecule has 0 bridgehead atoms.